The Kier molecular flexibility index (Phi) is 5.30. The summed E-state index contributed by atoms with van der Waals surface area (Å²) in [5.74, 6) is 0.186. The summed E-state index contributed by atoms with van der Waals surface area (Å²) in [7, 11) is -3.72. The number of aromatic nitrogens is 2. The summed E-state index contributed by atoms with van der Waals surface area (Å²) >= 11 is 0. The van der Waals surface area contributed by atoms with Crippen molar-refractivity contribution in [3.8, 4) is 0 Å². The number of fused-ring (bicyclic) bond motifs is 1. The second kappa shape index (κ2) is 8.29. The number of nitrogens with one attached hydrogen (secondary N) is 2. The predicted molar refractivity (Wildman–Crippen MR) is 127 cm³/mol. The lowest BCUT2D eigenvalue weighted by molar-refractivity contribution is -0.117. The molecule has 0 saturated heterocycles. The molecule has 7 nitrogen and oxygen atoms in total. The third kappa shape index (κ3) is 4.42. The van der Waals surface area contributed by atoms with Crippen molar-refractivity contribution in [2.24, 2.45) is 5.92 Å². The Morgan fingerprint density at radius 2 is 1.79 bits per heavy atom. The van der Waals surface area contributed by atoms with E-state index in [4.69, 9.17) is 0 Å². The van der Waals surface area contributed by atoms with E-state index in [1.807, 2.05) is 31.2 Å². The average molecular weight is 459 g/mol. The second-order valence-corrected chi connectivity index (χ2v) is 9.84. The van der Waals surface area contributed by atoms with Crippen molar-refractivity contribution in [1.82, 2.24) is 9.97 Å². The highest BCUT2D eigenvalue weighted by molar-refractivity contribution is 7.92. The van der Waals surface area contributed by atoms with E-state index in [1.54, 1.807) is 48.7 Å². The number of sulfonamides is 1. The highest BCUT2D eigenvalue weighted by Gasteiger charge is 2.44. The van der Waals surface area contributed by atoms with Crippen molar-refractivity contribution in [3.63, 3.8) is 0 Å². The van der Waals surface area contributed by atoms with Crippen LogP contribution in [0.15, 0.2) is 84.0 Å². The molecule has 1 amide bonds. The molecule has 8 heteroatoms. The highest BCUT2D eigenvalue weighted by atomic mass is 32.2. The van der Waals surface area contributed by atoms with Gasteiger partial charge in [-0.15, -0.1) is 0 Å². The second-order valence-electron chi connectivity index (χ2n) is 8.16. The van der Waals surface area contributed by atoms with Gasteiger partial charge in [-0.2, -0.15) is 0 Å². The van der Waals surface area contributed by atoms with Gasteiger partial charge in [0.1, 0.15) is 5.82 Å². The lowest BCUT2D eigenvalue weighted by Crippen LogP contribution is -2.15. The molecule has 1 unspecified atom stereocenters. The van der Waals surface area contributed by atoms with Crippen LogP contribution in [-0.4, -0.2) is 24.3 Å². The first-order valence-electron chi connectivity index (χ1n) is 10.6. The van der Waals surface area contributed by atoms with Gasteiger partial charge in [0.25, 0.3) is 10.0 Å². The van der Waals surface area contributed by atoms with Crippen LogP contribution in [0, 0.1) is 12.8 Å². The van der Waals surface area contributed by atoms with Gasteiger partial charge in [0, 0.05) is 35.1 Å². The van der Waals surface area contributed by atoms with Gasteiger partial charge in [0.05, 0.1) is 4.90 Å². The number of pyridine rings is 2. The van der Waals surface area contributed by atoms with Crippen LogP contribution in [0.5, 0.6) is 0 Å². The van der Waals surface area contributed by atoms with Crippen molar-refractivity contribution in [2.75, 3.05) is 10.0 Å². The quantitative estimate of drug-likeness (QED) is 0.444. The molecule has 0 bridgehead atoms. The SMILES string of the molecule is Cc1nccc2cc(NC(=O)[C@@H]3CC3c3ccc(S(=O)(=O)Nc4ccccn4)cc3)ccc12. The summed E-state index contributed by atoms with van der Waals surface area (Å²) in [4.78, 5) is 21.2. The normalized spacial score (nSPS) is 17.5. The average Bonchev–Trinajstić information content (AvgIpc) is 3.61. The number of hydrogen-bond acceptors (Lipinski definition) is 5. The van der Waals surface area contributed by atoms with Gasteiger partial charge in [-0.1, -0.05) is 24.3 Å². The summed E-state index contributed by atoms with van der Waals surface area (Å²) in [6.45, 7) is 1.96. The minimum Gasteiger partial charge on any atom is -0.326 e. The lowest BCUT2D eigenvalue weighted by atomic mass is 10.1. The number of carbonyl (C=O) groups excluding carboxylic acids is 1. The Morgan fingerprint density at radius 3 is 2.55 bits per heavy atom. The summed E-state index contributed by atoms with van der Waals surface area (Å²) in [5, 5.41) is 5.10. The van der Waals surface area contributed by atoms with E-state index in [2.05, 4.69) is 20.0 Å². The van der Waals surface area contributed by atoms with Gasteiger partial charge in [-0.05, 0) is 72.7 Å². The molecule has 2 heterocycles. The number of nitrogens with zero attached hydrogens (tertiary/aromatic N) is 2. The standard InChI is InChI=1S/C25H22N4O3S/c1-16-21-10-7-19(14-18(21)11-13-26-16)28-25(30)23-15-22(23)17-5-8-20(9-6-17)33(31,32)29-24-4-2-3-12-27-24/h2-14,22-23H,15H2,1H3,(H,27,29)(H,28,30)/t22?,23-/m1/s1. The minimum atomic E-state index is -3.72. The van der Waals surface area contributed by atoms with E-state index in [-0.39, 0.29) is 28.5 Å². The number of anilines is 2. The molecular weight excluding hydrogens is 436 g/mol. The molecule has 1 saturated carbocycles. The van der Waals surface area contributed by atoms with Crippen molar-refractivity contribution < 1.29 is 13.2 Å². The van der Waals surface area contributed by atoms with E-state index in [9.17, 15) is 13.2 Å². The molecule has 2 aromatic heterocycles. The summed E-state index contributed by atoms with van der Waals surface area (Å²) in [6.07, 6.45) is 4.02. The number of amides is 1. The topological polar surface area (TPSA) is 101 Å². The number of rotatable bonds is 6. The van der Waals surface area contributed by atoms with Crippen LogP contribution in [0.1, 0.15) is 23.6 Å². The molecule has 2 N–H and O–H groups in total. The third-order valence-corrected chi connectivity index (χ3v) is 7.25. The third-order valence-electron chi connectivity index (χ3n) is 5.88. The molecule has 1 aliphatic carbocycles. The van der Waals surface area contributed by atoms with E-state index >= 15 is 0 Å². The zero-order valence-corrected chi connectivity index (χ0v) is 18.7. The number of aryl methyl sites for hydroxylation is 1. The molecule has 166 valence electrons. The fourth-order valence-electron chi connectivity index (χ4n) is 4.01. The van der Waals surface area contributed by atoms with E-state index < -0.39 is 10.0 Å². The van der Waals surface area contributed by atoms with Crippen LogP contribution in [0.2, 0.25) is 0 Å². The van der Waals surface area contributed by atoms with Crippen molar-refractivity contribution in [3.05, 3.63) is 90.4 Å². The Labute approximate surface area is 192 Å². The van der Waals surface area contributed by atoms with Crippen LogP contribution in [-0.2, 0) is 14.8 Å². The van der Waals surface area contributed by atoms with Gasteiger partial charge in [-0.25, -0.2) is 13.4 Å². The molecule has 5 rings (SSSR count). The summed E-state index contributed by atoms with van der Waals surface area (Å²) in [6, 6.07) is 19.4. The fourth-order valence-corrected chi connectivity index (χ4v) is 5.02. The highest BCUT2D eigenvalue weighted by Crippen LogP contribution is 2.48. The van der Waals surface area contributed by atoms with E-state index in [0.29, 0.717) is 0 Å². The van der Waals surface area contributed by atoms with Crippen LogP contribution in [0.25, 0.3) is 10.8 Å². The molecule has 2 atom stereocenters. The summed E-state index contributed by atoms with van der Waals surface area (Å²) < 4.78 is 27.6. The maximum Gasteiger partial charge on any atom is 0.263 e. The maximum atomic E-state index is 12.8. The van der Waals surface area contributed by atoms with Gasteiger partial charge in [0.2, 0.25) is 5.91 Å². The van der Waals surface area contributed by atoms with Gasteiger partial charge >= 0.3 is 0 Å². The van der Waals surface area contributed by atoms with Crippen molar-refractivity contribution in [2.45, 2.75) is 24.2 Å². The Balaban J connectivity index is 1.24. The lowest BCUT2D eigenvalue weighted by Gasteiger charge is -2.09. The monoisotopic (exact) mass is 458 g/mol. The van der Waals surface area contributed by atoms with Crippen LogP contribution in [0.3, 0.4) is 0 Å². The molecule has 2 aromatic carbocycles. The van der Waals surface area contributed by atoms with E-state index in [1.165, 1.54) is 6.20 Å². The van der Waals surface area contributed by atoms with Gasteiger partial charge in [-0.3, -0.25) is 14.5 Å². The summed E-state index contributed by atoms with van der Waals surface area (Å²) in [5.41, 5.74) is 2.66. The first-order chi connectivity index (χ1) is 15.9. The molecule has 0 radical (unpaired) electrons. The molecule has 1 aliphatic rings. The molecular formula is C25H22N4O3S. The van der Waals surface area contributed by atoms with Crippen molar-refractivity contribution in [1.29, 1.82) is 0 Å². The van der Waals surface area contributed by atoms with Crippen LogP contribution in [0.4, 0.5) is 11.5 Å². The molecule has 0 spiro atoms. The number of benzene rings is 2. The zero-order valence-electron chi connectivity index (χ0n) is 17.9. The van der Waals surface area contributed by atoms with Crippen LogP contribution >= 0.6 is 0 Å². The maximum absolute atomic E-state index is 12.8. The molecule has 4 aromatic rings. The van der Waals surface area contributed by atoms with Gasteiger partial charge in [0.15, 0.2) is 0 Å². The number of hydrogen-bond donors (Lipinski definition) is 2. The zero-order chi connectivity index (χ0) is 23.0. The van der Waals surface area contributed by atoms with E-state index in [0.717, 1.165) is 34.1 Å². The Hall–Kier alpha value is -3.78. The molecule has 33 heavy (non-hydrogen) atoms. The van der Waals surface area contributed by atoms with Crippen LogP contribution < -0.4 is 10.0 Å². The predicted octanol–water partition coefficient (Wildman–Crippen LogP) is 4.48. The Morgan fingerprint density at radius 1 is 0.970 bits per heavy atom. The van der Waals surface area contributed by atoms with Gasteiger partial charge < -0.3 is 5.32 Å². The van der Waals surface area contributed by atoms with Crippen molar-refractivity contribution >= 4 is 38.2 Å². The molecule has 0 aliphatic heterocycles. The smallest absolute Gasteiger partial charge is 0.263 e. The first kappa shape index (κ1) is 21.1. The number of carbonyl (C=O) groups is 1. The first-order valence-corrected chi connectivity index (χ1v) is 12.1. The molecule has 1 fully saturated rings. The minimum absolute atomic E-state index is 0.0290. The Bertz CT molecular complexity index is 1440. The fraction of sp³-hybridized carbons (Fsp3) is 0.160. The largest absolute Gasteiger partial charge is 0.326 e.